The summed E-state index contributed by atoms with van der Waals surface area (Å²) in [6.45, 7) is 0.778. The smallest absolute Gasteiger partial charge is 0.363 e. The van der Waals surface area contributed by atoms with E-state index < -0.39 is 12.3 Å². The number of rotatable bonds is 4. The number of ether oxygens (including phenoxy) is 1. The zero-order valence-corrected chi connectivity index (χ0v) is 8.95. The highest BCUT2D eigenvalue weighted by Crippen LogP contribution is 2.24. The highest BCUT2D eigenvalue weighted by atomic mass is 32.1. The Hall–Kier alpha value is -0.890. The fourth-order valence-corrected chi connectivity index (χ4v) is 1.32. The van der Waals surface area contributed by atoms with E-state index in [0.717, 1.165) is 18.3 Å². The van der Waals surface area contributed by atoms with Gasteiger partial charge in [0, 0.05) is 7.05 Å². The number of halogens is 3. The second-order valence-corrected chi connectivity index (χ2v) is 3.81. The number of alkyl halides is 3. The van der Waals surface area contributed by atoms with Gasteiger partial charge < -0.3 is 10.1 Å². The third kappa shape index (κ3) is 3.63. The summed E-state index contributed by atoms with van der Waals surface area (Å²) in [6.07, 6.45) is -6.13. The molecule has 0 fully saturated rings. The minimum Gasteiger partial charge on any atom is -0.363 e. The van der Waals surface area contributed by atoms with E-state index >= 15 is 0 Å². The van der Waals surface area contributed by atoms with Gasteiger partial charge in [-0.15, -0.1) is 10.2 Å². The minimum absolute atomic E-state index is 0.181. The molecule has 1 heterocycles. The van der Waals surface area contributed by atoms with Gasteiger partial charge in [-0.2, -0.15) is 13.2 Å². The predicted molar refractivity (Wildman–Crippen MR) is 49.8 cm³/mol. The summed E-state index contributed by atoms with van der Waals surface area (Å²) in [5.41, 5.74) is 0. The van der Waals surface area contributed by atoms with Crippen molar-refractivity contribution in [1.82, 2.24) is 10.2 Å². The van der Waals surface area contributed by atoms with Gasteiger partial charge in [0.2, 0.25) is 5.13 Å². The summed E-state index contributed by atoms with van der Waals surface area (Å²) < 4.78 is 40.8. The lowest BCUT2D eigenvalue weighted by Gasteiger charge is -2.14. The van der Waals surface area contributed by atoms with Crippen LogP contribution in [-0.2, 0) is 11.3 Å². The van der Waals surface area contributed by atoms with Crippen molar-refractivity contribution in [3.8, 4) is 0 Å². The van der Waals surface area contributed by atoms with E-state index in [1.807, 2.05) is 0 Å². The van der Waals surface area contributed by atoms with Crippen molar-refractivity contribution in [2.45, 2.75) is 25.8 Å². The molecule has 1 rings (SSSR count). The number of hydrogen-bond acceptors (Lipinski definition) is 5. The van der Waals surface area contributed by atoms with Gasteiger partial charge in [-0.25, -0.2) is 0 Å². The number of anilines is 1. The van der Waals surface area contributed by atoms with Crippen molar-refractivity contribution in [2.75, 3.05) is 12.4 Å². The van der Waals surface area contributed by atoms with Crippen molar-refractivity contribution in [2.24, 2.45) is 0 Å². The van der Waals surface area contributed by atoms with Crippen LogP contribution < -0.4 is 5.32 Å². The number of nitrogens with zero attached hydrogens (tertiary/aromatic N) is 2. The molecule has 1 aromatic heterocycles. The molecular weight excluding hydrogens is 231 g/mol. The van der Waals surface area contributed by atoms with Gasteiger partial charge in [0.05, 0.1) is 0 Å². The van der Waals surface area contributed by atoms with Crippen LogP contribution in [0.5, 0.6) is 0 Å². The molecule has 0 amide bonds. The third-order valence-corrected chi connectivity index (χ3v) is 2.51. The lowest BCUT2D eigenvalue weighted by Crippen LogP contribution is -2.28. The van der Waals surface area contributed by atoms with Gasteiger partial charge in [0.15, 0.2) is 6.10 Å². The molecule has 0 radical (unpaired) electrons. The van der Waals surface area contributed by atoms with Crippen LogP contribution in [0, 0.1) is 0 Å². The van der Waals surface area contributed by atoms with Crippen molar-refractivity contribution in [1.29, 1.82) is 0 Å². The Balaban J connectivity index is 2.43. The summed E-state index contributed by atoms with van der Waals surface area (Å²) in [5, 5.41) is 11.0. The van der Waals surface area contributed by atoms with Gasteiger partial charge in [-0.1, -0.05) is 11.3 Å². The standard InChI is InChI=1S/C7H10F3N3OS/c1-4(7(8,9)10)14-3-5-12-13-6(11-2)15-5/h4H,3H2,1-2H3,(H,11,13). The molecular formula is C7H10F3N3OS. The van der Waals surface area contributed by atoms with Crippen LogP contribution in [0.1, 0.15) is 11.9 Å². The predicted octanol–water partition coefficient (Wildman–Crippen LogP) is 2.05. The van der Waals surface area contributed by atoms with Crippen LogP contribution in [0.3, 0.4) is 0 Å². The maximum atomic E-state index is 12.1. The van der Waals surface area contributed by atoms with E-state index in [9.17, 15) is 13.2 Å². The zero-order valence-electron chi connectivity index (χ0n) is 8.13. The Morgan fingerprint density at radius 3 is 2.60 bits per heavy atom. The van der Waals surface area contributed by atoms with Crippen LogP contribution in [-0.4, -0.2) is 29.5 Å². The molecule has 1 unspecified atom stereocenters. The molecule has 1 aromatic rings. The molecule has 1 atom stereocenters. The Morgan fingerprint density at radius 2 is 2.13 bits per heavy atom. The lowest BCUT2D eigenvalue weighted by molar-refractivity contribution is -0.217. The average Bonchev–Trinajstić information content (AvgIpc) is 2.60. The Labute approximate surface area is 88.5 Å². The molecule has 8 heteroatoms. The van der Waals surface area contributed by atoms with E-state index in [1.165, 1.54) is 0 Å². The highest BCUT2D eigenvalue weighted by molar-refractivity contribution is 7.15. The maximum Gasteiger partial charge on any atom is 0.414 e. The van der Waals surface area contributed by atoms with Crippen molar-refractivity contribution < 1.29 is 17.9 Å². The minimum atomic E-state index is -4.34. The summed E-state index contributed by atoms with van der Waals surface area (Å²) in [7, 11) is 1.66. The second kappa shape index (κ2) is 4.75. The lowest BCUT2D eigenvalue weighted by atomic mass is 10.4. The number of aromatic nitrogens is 2. The van der Waals surface area contributed by atoms with Crippen molar-refractivity contribution in [3.63, 3.8) is 0 Å². The van der Waals surface area contributed by atoms with Crippen LogP contribution >= 0.6 is 11.3 Å². The molecule has 4 nitrogen and oxygen atoms in total. The first kappa shape index (κ1) is 12.2. The molecule has 0 aliphatic carbocycles. The van der Waals surface area contributed by atoms with E-state index in [0.29, 0.717) is 10.1 Å². The summed E-state index contributed by atoms with van der Waals surface area (Å²) >= 11 is 1.16. The van der Waals surface area contributed by atoms with Crippen LogP contribution in [0.4, 0.5) is 18.3 Å². The largest absolute Gasteiger partial charge is 0.414 e. The van der Waals surface area contributed by atoms with Gasteiger partial charge in [0.25, 0.3) is 0 Å². The molecule has 0 bridgehead atoms. The third-order valence-electron chi connectivity index (χ3n) is 1.60. The van der Waals surface area contributed by atoms with Crippen molar-refractivity contribution in [3.05, 3.63) is 5.01 Å². The second-order valence-electron chi connectivity index (χ2n) is 2.75. The summed E-state index contributed by atoms with van der Waals surface area (Å²) in [5.74, 6) is 0. The average molecular weight is 241 g/mol. The fourth-order valence-electron chi connectivity index (χ4n) is 0.704. The van der Waals surface area contributed by atoms with E-state index in [1.54, 1.807) is 7.05 Å². The van der Waals surface area contributed by atoms with Gasteiger partial charge in [-0.3, -0.25) is 0 Å². The van der Waals surface area contributed by atoms with E-state index in [4.69, 9.17) is 0 Å². The zero-order chi connectivity index (χ0) is 11.5. The summed E-state index contributed by atoms with van der Waals surface area (Å²) in [6, 6.07) is 0. The topological polar surface area (TPSA) is 47.0 Å². The van der Waals surface area contributed by atoms with Gasteiger partial charge in [0.1, 0.15) is 11.6 Å². The SMILES string of the molecule is CNc1nnc(COC(C)C(F)(F)F)s1. The number of hydrogen-bond donors (Lipinski definition) is 1. The molecule has 1 N–H and O–H groups in total. The highest BCUT2D eigenvalue weighted by Gasteiger charge is 2.37. The quantitative estimate of drug-likeness (QED) is 0.876. The molecule has 0 saturated carbocycles. The normalized spacial score (nSPS) is 13.9. The monoisotopic (exact) mass is 241 g/mol. The Bertz CT molecular complexity index is 315. The van der Waals surface area contributed by atoms with E-state index in [2.05, 4.69) is 20.3 Å². The molecule has 0 aromatic carbocycles. The molecule has 0 spiro atoms. The number of nitrogens with one attached hydrogen (secondary N) is 1. The molecule has 86 valence electrons. The maximum absolute atomic E-state index is 12.1. The molecule has 0 saturated heterocycles. The van der Waals surface area contributed by atoms with Gasteiger partial charge >= 0.3 is 6.18 Å². The first-order valence-electron chi connectivity index (χ1n) is 4.12. The molecule has 15 heavy (non-hydrogen) atoms. The first-order chi connectivity index (χ1) is 6.93. The van der Waals surface area contributed by atoms with Crippen LogP contribution in [0.15, 0.2) is 0 Å². The van der Waals surface area contributed by atoms with Gasteiger partial charge in [-0.05, 0) is 6.92 Å². The van der Waals surface area contributed by atoms with Crippen LogP contribution in [0.25, 0.3) is 0 Å². The summed E-state index contributed by atoms with van der Waals surface area (Å²) in [4.78, 5) is 0. The Morgan fingerprint density at radius 1 is 1.47 bits per heavy atom. The molecule has 0 aliphatic heterocycles. The first-order valence-corrected chi connectivity index (χ1v) is 4.93. The molecule has 0 aliphatic rings. The van der Waals surface area contributed by atoms with E-state index in [-0.39, 0.29) is 6.61 Å². The van der Waals surface area contributed by atoms with Crippen molar-refractivity contribution >= 4 is 16.5 Å². The fraction of sp³-hybridized carbons (Fsp3) is 0.714. The van der Waals surface area contributed by atoms with Crippen LogP contribution in [0.2, 0.25) is 0 Å². The Kier molecular flexibility index (Phi) is 3.86.